The molecule has 0 radical (unpaired) electrons. The van der Waals surface area contributed by atoms with Crippen LogP contribution in [0.3, 0.4) is 0 Å². The fraction of sp³-hybridized carbons (Fsp3) is 0.706. The van der Waals surface area contributed by atoms with Crippen LogP contribution in [0.1, 0.15) is 33.6 Å². The minimum atomic E-state index is -1.57. The molecule has 0 aliphatic carbocycles. The van der Waals surface area contributed by atoms with Gasteiger partial charge in [0.05, 0.1) is 18.6 Å². The van der Waals surface area contributed by atoms with Gasteiger partial charge in [-0.15, -0.1) is 0 Å². The Morgan fingerprint density at radius 2 is 1.40 bits per heavy atom. The molecule has 0 heterocycles. The normalized spacial score (nSPS) is 16.0. The summed E-state index contributed by atoms with van der Waals surface area (Å²) < 4.78 is 0. The number of rotatable bonds is 13. The quantitative estimate of drug-likeness (QED) is 0.141. The topological polar surface area (TPSA) is 208 Å². The van der Waals surface area contributed by atoms with Crippen LogP contribution in [0.25, 0.3) is 0 Å². The molecule has 8 N–H and O–H groups in total. The number of aliphatic hydroxyl groups excluding tert-OH is 1. The summed E-state index contributed by atoms with van der Waals surface area (Å²) in [6.45, 7) is 4.75. The molecule has 0 aliphatic heterocycles. The van der Waals surface area contributed by atoms with Gasteiger partial charge in [0.25, 0.3) is 0 Å². The van der Waals surface area contributed by atoms with E-state index in [2.05, 4.69) is 28.6 Å². The van der Waals surface area contributed by atoms with Gasteiger partial charge in [-0.2, -0.15) is 12.6 Å². The first kappa shape index (κ1) is 27.6. The van der Waals surface area contributed by atoms with E-state index in [9.17, 15) is 29.1 Å². The van der Waals surface area contributed by atoms with Gasteiger partial charge in [-0.25, -0.2) is 4.79 Å². The molecule has 0 aromatic heterocycles. The Balaban J connectivity index is 5.26. The van der Waals surface area contributed by atoms with E-state index in [1.807, 2.05) is 0 Å². The standard InChI is InChI=1S/C17H30N4O8S/c1-7(2)4-10(15(26)21-13(8(3)22)17(28)29)19-16(27)11(6-30)20-14(25)9(18)5-12(23)24/h7-11,13,22,30H,4-6,18H2,1-3H3,(H,19,27)(H,20,25)(H,21,26)(H,23,24)(H,28,29). The number of aliphatic carboxylic acids is 2. The highest BCUT2D eigenvalue weighted by Gasteiger charge is 2.32. The summed E-state index contributed by atoms with van der Waals surface area (Å²) in [5, 5.41) is 34.2. The van der Waals surface area contributed by atoms with Crippen molar-refractivity contribution in [1.29, 1.82) is 0 Å². The van der Waals surface area contributed by atoms with Crippen LogP contribution in [-0.4, -0.2) is 81.0 Å². The van der Waals surface area contributed by atoms with Gasteiger partial charge in [0.2, 0.25) is 17.7 Å². The largest absolute Gasteiger partial charge is 0.481 e. The first-order valence-corrected chi connectivity index (χ1v) is 9.83. The van der Waals surface area contributed by atoms with E-state index >= 15 is 0 Å². The zero-order valence-corrected chi connectivity index (χ0v) is 17.9. The number of nitrogens with one attached hydrogen (secondary N) is 3. The molecule has 5 unspecified atom stereocenters. The SMILES string of the molecule is CC(C)CC(NC(=O)C(CS)NC(=O)C(N)CC(=O)O)C(=O)NC(C(=O)O)C(C)O. The molecular formula is C17H30N4O8S. The van der Waals surface area contributed by atoms with Crippen molar-refractivity contribution in [3.05, 3.63) is 0 Å². The molecule has 30 heavy (non-hydrogen) atoms. The van der Waals surface area contributed by atoms with Crippen LogP contribution in [0.4, 0.5) is 0 Å². The summed E-state index contributed by atoms with van der Waals surface area (Å²) in [6.07, 6.45) is -1.86. The summed E-state index contributed by atoms with van der Waals surface area (Å²) >= 11 is 3.98. The predicted octanol–water partition coefficient (Wildman–Crippen LogP) is -2.32. The minimum absolute atomic E-state index is 0.0658. The molecule has 12 nitrogen and oxygen atoms in total. The third-order valence-electron chi connectivity index (χ3n) is 3.93. The van der Waals surface area contributed by atoms with E-state index in [1.54, 1.807) is 13.8 Å². The number of carboxylic acids is 2. The molecule has 0 saturated carbocycles. The second-order valence-corrected chi connectivity index (χ2v) is 7.57. The van der Waals surface area contributed by atoms with E-state index in [0.29, 0.717) is 0 Å². The first-order valence-electron chi connectivity index (χ1n) is 9.20. The molecule has 0 bridgehead atoms. The second kappa shape index (κ2) is 13.0. The Morgan fingerprint density at radius 1 is 0.900 bits per heavy atom. The van der Waals surface area contributed by atoms with Crippen molar-refractivity contribution in [3.8, 4) is 0 Å². The van der Waals surface area contributed by atoms with Gasteiger partial charge in [0.1, 0.15) is 12.1 Å². The van der Waals surface area contributed by atoms with E-state index in [4.69, 9.17) is 15.9 Å². The van der Waals surface area contributed by atoms with Crippen LogP contribution in [0.15, 0.2) is 0 Å². The molecular weight excluding hydrogens is 420 g/mol. The maximum absolute atomic E-state index is 12.5. The lowest BCUT2D eigenvalue weighted by molar-refractivity contribution is -0.145. The number of carbonyl (C=O) groups excluding carboxylic acids is 3. The molecule has 0 aromatic carbocycles. The zero-order chi connectivity index (χ0) is 23.6. The summed E-state index contributed by atoms with van der Waals surface area (Å²) in [6, 6.07) is -5.31. The second-order valence-electron chi connectivity index (χ2n) is 7.20. The zero-order valence-electron chi connectivity index (χ0n) is 17.0. The van der Waals surface area contributed by atoms with Crippen molar-refractivity contribution in [2.24, 2.45) is 11.7 Å². The van der Waals surface area contributed by atoms with Gasteiger partial charge < -0.3 is 37.0 Å². The van der Waals surface area contributed by atoms with Gasteiger partial charge in [-0.3, -0.25) is 19.2 Å². The Morgan fingerprint density at radius 3 is 1.80 bits per heavy atom. The summed E-state index contributed by atoms with van der Waals surface area (Å²) in [7, 11) is 0. The van der Waals surface area contributed by atoms with Gasteiger partial charge in [-0.05, 0) is 19.3 Å². The Bertz CT molecular complexity index is 643. The maximum Gasteiger partial charge on any atom is 0.328 e. The molecule has 0 aliphatic rings. The monoisotopic (exact) mass is 450 g/mol. The lowest BCUT2D eigenvalue weighted by Gasteiger charge is -2.26. The lowest BCUT2D eigenvalue weighted by Crippen LogP contribution is -2.59. The number of nitrogens with two attached hydrogens (primary N) is 1. The molecule has 0 spiro atoms. The van der Waals surface area contributed by atoms with Crippen LogP contribution in [0, 0.1) is 5.92 Å². The molecule has 5 atom stereocenters. The van der Waals surface area contributed by atoms with Gasteiger partial charge in [0, 0.05) is 5.75 Å². The van der Waals surface area contributed by atoms with Crippen LogP contribution in [-0.2, 0) is 24.0 Å². The predicted molar refractivity (Wildman–Crippen MR) is 109 cm³/mol. The number of hydrogen-bond acceptors (Lipinski definition) is 8. The number of carbonyl (C=O) groups is 5. The Labute approximate surface area is 179 Å². The highest BCUT2D eigenvalue weighted by Crippen LogP contribution is 2.07. The number of carboxylic acid groups (broad SMARTS) is 2. The van der Waals surface area contributed by atoms with Crippen molar-refractivity contribution >= 4 is 42.3 Å². The van der Waals surface area contributed by atoms with E-state index in [0.717, 1.165) is 0 Å². The molecule has 0 saturated heterocycles. The van der Waals surface area contributed by atoms with Crippen LogP contribution < -0.4 is 21.7 Å². The fourth-order valence-electron chi connectivity index (χ4n) is 2.37. The lowest BCUT2D eigenvalue weighted by atomic mass is 10.0. The highest BCUT2D eigenvalue weighted by molar-refractivity contribution is 7.80. The van der Waals surface area contributed by atoms with Crippen molar-refractivity contribution in [2.45, 2.75) is 63.9 Å². The Hall–Kier alpha value is -2.38. The van der Waals surface area contributed by atoms with E-state index < -0.39 is 66.4 Å². The molecule has 0 aromatic rings. The summed E-state index contributed by atoms with van der Waals surface area (Å²) in [5.41, 5.74) is 5.46. The number of amides is 3. The van der Waals surface area contributed by atoms with Crippen molar-refractivity contribution < 1.29 is 39.3 Å². The minimum Gasteiger partial charge on any atom is -0.481 e. The Kier molecular flexibility index (Phi) is 12.0. The van der Waals surface area contributed by atoms with Crippen LogP contribution in [0.2, 0.25) is 0 Å². The van der Waals surface area contributed by atoms with E-state index in [1.165, 1.54) is 6.92 Å². The third kappa shape index (κ3) is 9.89. The number of thiol groups is 1. The molecule has 172 valence electrons. The van der Waals surface area contributed by atoms with Gasteiger partial charge in [0.15, 0.2) is 6.04 Å². The average molecular weight is 451 g/mol. The van der Waals surface area contributed by atoms with Crippen molar-refractivity contribution in [2.75, 3.05) is 5.75 Å². The average Bonchev–Trinajstić information content (AvgIpc) is 2.61. The highest BCUT2D eigenvalue weighted by atomic mass is 32.1. The third-order valence-corrected chi connectivity index (χ3v) is 4.30. The molecule has 13 heteroatoms. The molecule has 0 fully saturated rings. The molecule has 3 amide bonds. The van der Waals surface area contributed by atoms with E-state index in [-0.39, 0.29) is 18.1 Å². The summed E-state index contributed by atoms with van der Waals surface area (Å²) in [4.78, 5) is 58.8. The van der Waals surface area contributed by atoms with Gasteiger partial charge >= 0.3 is 11.9 Å². The summed E-state index contributed by atoms with van der Waals surface area (Å²) in [5.74, 6) is -5.45. The van der Waals surface area contributed by atoms with Gasteiger partial charge in [-0.1, -0.05) is 13.8 Å². The smallest absolute Gasteiger partial charge is 0.328 e. The first-order chi connectivity index (χ1) is 13.8. The van der Waals surface area contributed by atoms with Crippen LogP contribution in [0.5, 0.6) is 0 Å². The van der Waals surface area contributed by atoms with Crippen molar-refractivity contribution in [1.82, 2.24) is 16.0 Å². The fourth-order valence-corrected chi connectivity index (χ4v) is 2.63. The van der Waals surface area contributed by atoms with Crippen molar-refractivity contribution in [3.63, 3.8) is 0 Å². The van der Waals surface area contributed by atoms with Crippen LogP contribution >= 0.6 is 12.6 Å². The maximum atomic E-state index is 12.5. The molecule has 0 rings (SSSR count). The number of aliphatic hydroxyl groups is 1. The number of hydrogen-bond donors (Lipinski definition) is 8.